The van der Waals surface area contributed by atoms with Crippen LogP contribution >= 0.6 is 0 Å². The van der Waals surface area contributed by atoms with E-state index in [4.69, 9.17) is 4.74 Å². The van der Waals surface area contributed by atoms with Crippen molar-refractivity contribution in [2.45, 2.75) is 58.5 Å². The number of ketones is 1. The van der Waals surface area contributed by atoms with Gasteiger partial charge in [-0.3, -0.25) is 14.4 Å². The van der Waals surface area contributed by atoms with Gasteiger partial charge in [0.05, 0.1) is 12.6 Å². The van der Waals surface area contributed by atoms with E-state index in [9.17, 15) is 14.4 Å². The quantitative estimate of drug-likeness (QED) is 0.696. The summed E-state index contributed by atoms with van der Waals surface area (Å²) in [6.07, 6.45) is 4.07. The van der Waals surface area contributed by atoms with Crippen LogP contribution in [0.5, 0.6) is 0 Å². The molecule has 1 unspecified atom stereocenters. The molecule has 0 aromatic heterocycles. The summed E-state index contributed by atoms with van der Waals surface area (Å²) in [6, 6.07) is 6.31. The van der Waals surface area contributed by atoms with Crippen LogP contribution in [-0.4, -0.2) is 56.0 Å². The monoisotopic (exact) mass is 429 g/mol. The number of benzene rings is 1. The van der Waals surface area contributed by atoms with Gasteiger partial charge in [0, 0.05) is 30.3 Å². The molecule has 7 heteroatoms. The number of hydrogen-bond donors (Lipinski definition) is 2. The van der Waals surface area contributed by atoms with Crippen LogP contribution in [0.15, 0.2) is 24.3 Å². The third-order valence-corrected chi connectivity index (χ3v) is 6.00. The maximum absolute atomic E-state index is 13.0. The van der Waals surface area contributed by atoms with Gasteiger partial charge in [-0.05, 0) is 49.8 Å². The van der Waals surface area contributed by atoms with Crippen molar-refractivity contribution in [3.63, 3.8) is 0 Å². The first-order valence-electron chi connectivity index (χ1n) is 11.4. The Balaban J connectivity index is 1.69. The van der Waals surface area contributed by atoms with Crippen LogP contribution in [0.2, 0.25) is 0 Å². The van der Waals surface area contributed by atoms with Crippen LogP contribution in [0.4, 0.5) is 5.69 Å². The van der Waals surface area contributed by atoms with Gasteiger partial charge >= 0.3 is 0 Å². The molecule has 7 nitrogen and oxygen atoms in total. The highest BCUT2D eigenvalue weighted by Crippen LogP contribution is 2.21. The summed E-state index contributed by atoms with van der Waals surface area (Å²) in [7, 11) is 0. The highest BCUT2D eigenvalue weighted by Gasteiger charge is 2.33. The van der Waals surface area contributed by atoms with Crippen LogP contribution in [0.3, 0.4) is 0 Å². The Hall–Kier alpha value is -2.41. The fourth-order valence-electron chi connectivity index (χ4n) is 4.27. The summed E-state index contributed by atoms with van der Waals surface area (Å²) in [5.74, 6) is -0.608. The molecule has 3 rings (SSSR count). The zero-order valence-corrected chi connectivity index (χ0v) is 18.9. The van der Waals surface area contributed by atoms with Crippen molar-refractivity contribution in [2.75, 3.05) is 31.2 Å². The van der Waals surface area contributed by atoms with Crippen LogP contribution in [0.1, 0.15) is 56.8 Å². The lowest BCUT2D eigenvalue weighted by molar-refractivity contribution is -0.137. The number of carbonyl (C=O) groups is 3. The molecule has 2 amide bonds. The van der Waals surface area contributed by atoms with Crippen LogP contribution in [0, 0.1) is 11.8 Å². The topological polar surface area (TPSA) is 87.7 Å². The minimum absolute atomic E-state index is 0.0137. The van der Waals surface area contributed by atoms with E-state index in [0.717, 1.165) is 31.6 Å². The molecular formula is C24H35N3O4. The SMILES string of the molecule is CC(C)CC(NC(=O)c1cccc(N2CCCCC2)c1)C(=O)N[C@@H]1C(=O)COC[C@H]1C. The Labute approximate surface area is 184 Å². The number of hydrogen-bond acceptors (Lipinski definition) is 5. The van der Waals surface area contributed by atoms with Gasteiger partial charge in [0.15, 0.2) is 5.78 Å². The summed E-state index contributed by atoms with van der Waals surface area (Å²) in [5.41, 5.74) is 1.58. The minimum atomic E-state index is -0.700. The van der Waals surface area contributed by atoms with E-state index in [0.29, 0.717) is 18.6 Å². The summed E-state index contributed by atoms with van der Waals surface area (Å²) < 4.78 is 5.24. The second kappa shape index (κ2) is 10.8. The Kier molecular flexibility index (Phi) is 8.07. The number of carbonyl (C=O) groups excluding carboxylic acids is 3. The number of rotatable bonds is 7. The molecule has 2 aliphatic heterocycles. The highest BCUT2D eigenvalue weighted by molar-refractivity contribution is 5.99. The molecule has 0 saturated carbocycles. The van der Waals surface area contributed by atoms with Gasteiger partial charge in [-0.25, -0.2) is 0 Å². The van der Waals surface area contributed by atoms with E-state index in [1.807, 2.05) is 39.0 Å². The van der Waals surface area contributed by atoms with Crippen LogP contribution in [0.25, 0.3) is 0 Å². The summed E-state index contributed by atoms with van der Waals surface area (Å²) in [6.45, 7) is 8.34. The van der Waals surface area contributed by atoms with Gasteiger partial charge in [-0.1, -0.05) is 26.8 Å². The second-order valence-corrected chi connectivity index (χ2v) is 9.20. The van der Waals surface area contributed by atoms with Gasteiger partial charge in [0.25, 0.3) is 5.91 Å². The number of ether oxygens (including phenoxy) is 1. The van der Waals surface area contributed by atoms with Crippen molar-refractivity contribution < 1.29 is 19.1 Å². The van der Waals surface area contributed by atoms with Crippen LogP contribution in [-0.2, 0) is 14.3 Å². The molecule has 1 aromatic carbocycles. The fourth-order valence-corrected chi connectivity index (χ4v) is 4.27. The smallest absolute Gasteiger partial charge is 0.252 e. The van der Waals surface area contributed by atoms with Crippen molar-refractivity contribution in [1.82, 2.24) is 10.6 Å². The van der Waals surface area contributed by atoms with Crippen molar-refractivity contribution >= 4 is 23.3 Å². The number of nitrogens with one attached hydrogen (secondary N) is 2. The Morgan fingerprint density at radius 3 is 2.61 bits per heavy atom. The molecule has 170 valence electrons. The molecule has 3 atom stereocenters. The zero-order valence-electron chi connectivity index (χ0n) is 18.9. The summed E-state index contributed by atoms with van der Waals surface area (Å²) in [5, 5.41) is 5.75. The maximum Gasteiger partial charge on any atom is 0.252 e. The molecule has 2 saturated heterocycles. The molecule has 2 fully saturated rings. The van der Waals surface area contributed by atoms with Crippen molar-refractivity contribution in [1.29, 1.82) is 0 Å². The van der Waals surface area contributed by atoms with Crippen molar-refractivity contribution in [3.8, 4) is 0 Å². The van der Waals surface area contributed by atoms with Gasteiger partial charge in [-0.15, -0.1) is 0 Å². The Morgan fingerprint density at radius 1 is 1.19 bits per heavy atom. The van der Waals surface area contributed by atoms with Crippen molar-refractivity contribution in [2.24, 2.45) is 11.8 Å². The molecule has 0 radical (unpaired) electrons. The number of piperidine rings is 1. The third-order valence-electron chi connectivity index (χ3n) is 6.00. The lowest BCUT2D eigenvalue weighted by atomic mass is 9.95. The molecule has 2 aliphatic rings. The van der Waals surface area contributed by atoms with Gasteiger partial charge in [0.1, 0.15) is 12.6 Å². The van der Waals surface area contributed by atoms with E-state index in [-0.39, 0.29) is 36.0 Å². The van der Waals surface area contributed by atoms with Crippen molar-refractivity contribution in [3.05, 3.63) is 29.8 Å². The normalized spacial score (nSPS) is 22.8. The lowest BCUT2D eigenvalue weighted by Gasteiger charge is -2.30. The van der Waals surface area contributed by atoms with Gasteiger partial charge < -0.3 is 20.3 Å². The molecule has 0 bridgehead atoms. The zero-order chi connectivity index (χ0) is 22.4. The highest BCUT2D eigenvalue weighted by atomic mass is 16.5. The number of anilines is 1. The molecule has 31 heavy (non-hydrogen) atoms. The molecule has 2 N–H and O–H groups in total. The average molecular weight is 430 g/mol. The Morgan fingerprint density at radius 2 is 1.94 bits per heavy atom. The van der Waals surface area contributed by atoms with E-state index < -0.39 is 12.1 Å². The maximum atomic E-state index is 13.0. The van der Waals surface area contributed by atoms with E-state index in [1.54, 1.807) is 6.07 Å². The van der Waals surface area contributed by atoms with Gasteiger partial charge in [-0.2, -0.15) is 0 Å². The van der Waals surface area contributed by atoms with E-state index in [2.05, 4.69) is 15.5 Å². The first-order valence-corrected chi connectivity index (χ1v) is 11.4. The number of amides is 2. The average Bonchev–Trinajstić information content (AvgIpc) is 2.76. The third kappa shape index (κ3) is 6.29. The Bertz CT molecular complexity index is 789. The summed E-state index contributed by atoms with van der Waals surface area (Å²) in [4.78, 5) is 40.5. The standard InChI is InChI=1S/C24H35N3O4/c1-16(2)12-20(24(30)26-22-17(3)14-31-15-21(22)28)25-23(29)18-8-7-9-19(13-18)27-10-5-4-6-11-27/h7-9,13,16-17,20,22H,4-6,10-12,14-15H2,1-3H3,(H,25,29)(H,26,30)/t17-,20?,22+/m1/s1. The van der Waals surface area contributed by atoms with E-state index >= 15 is 0 Å². The van der Waals surface area contributed by atoms with Crippen LogP contribution < -0.4 is 15.5 Å². The largest absolute Gasteiger partial charge is 0.373 e. The number of Topliss-reactive ketones (excluding diaryl/α,β-unsaturated/α-hetero) is 1. The first-order chi connectivity index (χ1) is 14.8. The lowest BCUT2D eigenvalue weighted by Crippen LogP contribution is -2.56. The van der Waals surface area contributed by atoms with E-state index in [1.165, 1.54) is 6.42 Å². The molecule has 0 spiro atoms. The molecule has 1 aromatic rings. The molecule has 2 heterocycles. The first kappa shape index (κ1) is 23.3. The predicted octanol–water partition coefficient (Wildman–Crippen LogP) is 2.54. The number of nitrogens with zero attached hydrogens (tertiary/aromatic N) is 1. The summed E-state index contributed by atoms with van der Waals surface area (Å²) >= 11 is 0. The van der Waals surface area contributed by atoms with Gasteiger partial charge in [0.2, 0.25) is 5.91 Å². The minimum Gasteiger partial charge on any atom is -0.373 e. The second-order valence-electron chi connectivity index (χ2n) is 9.20. The molecule has 0 aliphatic carbocycles. The fraction of sp³-hybridized carbons (Fsp3) is 0.625. The predicted molar refractivity (Wildman–Crippen MR) is 120 cm³/mol. The molecular weight excluding hydrogens is 394 g/mol.